The van der Waals surface area contributed by atoms with Crippen molar-refractivity contribution >= 4 is 17.8 Å². The van der Waals surface area contributed by atoms with Crippen LogP contribution in [0.15, 0.2) is 48.5 Å². The van der Waals surface area contributed by atoms with E-state index in [1.165, 1.54) is 4.90 Å². The molecule has 38 heavy (non-hydrogen) atoms. The van der Waals surface area contributed by atoms with Gasteiger partial charge in [0.05, 0.1) is 11.8 Å². The lowest BCUT2D eigenvalue weighted by atomic mass is 9.55. The third kappa shape index (κ3) is 3.68. The van der Waals surface area contributed by atoms with E-state index in [2.05, 4.69) is 45.0 Å². The highest BCUT2D eigenvalue weighted by molar-refractivity contribution is 6.10. The molecule has 2 bridgehead atoms. The van der Waals surface area contributed by atoms with Crippen LogP contribution in [0, 0.1) is 35.5 Å². The maximum atomic E-state index is 14.2. The lowest BCUT2D eigenvalue weighted by Crippen LogP contribution is -2.51. The molecule has 4 aliphatic carbocycles. The summed E-state index contributed by atoms with van der Waals surface area (Å²) >= 11 is 0. The molecule has 200 valence electrons. The third-order valence-electron chi connectivity index (χ3n) is 9.86. The minimum absolute atomic E-state index is 0.174. The van der Waals surface area contributed by atoms with E-state index in [0.717, 1.165) is 41.5 Å². The molecule has 2 amide bonds. The van der Waals surface area contributed by atoms with Gasteiger partial charge in [0.25, 0.3) is 0 Å². The molecular formula is C33H39NO4. The maximum absolute atomic E-state index is 14.2. The summed E-state index contributed by atoms with van der Waals surface area (Å²) in [6, 6.07) is 15.6. The molecule has 7 rings (SSSR count). The number of rotatable bonds is 5. The molecule has 2 fully saturated rings. The number of carbonyl (C=O) groups excluding carboxylic acids is 3. The van der Waals surface area contributed by atoms with Crippen molar-refractivity contribution < 1.29 is 19.1 Å². The van der Waals surface area contributed by atoms with Crippen LogP contribution in [0.25, 0.3) is 0 Å². The number of amides is 2. The normalized spacial score (nSPS) is 32.3. The first-order valence-electron chi connectivity index (χ1n) is 14.5. The number of ether oxygens (including phenoxy) is 1. The van der Waals surface area contributed by atoms with E-state index in [4.69, 9.17) is 4.74 Å². The quantitative estimate of drug-likeness (QED) is 0.368. The molecule has 1 aliphatic heterocycles. The van der Waals surface area contributed by atoms with Crippen LogP contribution in [0.5, 0.6) is 0 Å². The Morgan fingerprint density at radius 1 is 0.816 bits per heavy atom. The van der Waals surface area contributed by atoms with Gasteiger partial charge in [-0.15, -0.1) is 0 Å². The SMILES string of the molecule is CC(C)[C@H]1CC[C@H](C)C[C@H]1OC(=O)[C@@H](C(C)C)N1C(=O)[C@@H]2C3c4ccccc4C(c4ccccc43)[C@@H]2C1=O. The van der Waals surface area contributed by atoms with Gasteiger partial charge in [0.15, 0.2) is 0 Å². The van der Waals surface area contributed by atoms with E-state index in [9.17, 15) is 14.4 Å². The summed E-state index contributed by atoms with van der Waals surface area (Å²) in [5.41, 5.74) is 4.56. The molecule has 2 aromatic carbocycles. The third-order valence-corrected chi connectivity index (χ3v) is 9.86. The summed E-state index contributed by atoms with van der Waals surface area (Å²) in [4.78, 5) is 43.6. The predicted molar refractivity (Wildman–Crippen MR) is 145 cm³/mol. The van der Waals surface area contributed by atoms with Gasteiger partial charge in [-0.1, -0.05) is 89.6 Å². The fraction of sp³-hybridized carbons (Fsp3) is 0.545. The second-order valence-electron chi connectivity index (χ2n) is 12.8. The van der Waals surface area contributed by atoms with E-state index in [0.29, 0.717) is 17.8 Å². The van der Waals surface area contributed by atoms with Gasteiger partial charge < -0.3 is 4.74 Å². The van der Waals surface area contributed by atoms with Crippen LogP contribution in [0.2, 0.25) is 0 Å². The van der Waals surface area contributed by atoms with Crippen molar-refractivity contribution in [3.63, 3.8) is 0 Å². The fourth-order valence-electron chi connectivity index (χ4n) is 8.12. The van der Waals surface area contributed by atoms with Crippen LogP contribution in [0.1, 0.15) is 88.0 Å². The fourth-order valence-corrected chi connectivity index (χ4v) is 8.12. The Morgan fingerprint density at radius 2 is 1.29 bits per heavy atom. The Morgan fingerprint density at radius 3 is 1.71 bits per heavy atom. The minimum atomic E-state index is -0.906. The van der Waals surface area contributed by atoms with Crippen molar-refractivity contribution in [2.24, 2.45) is 35.5 Å². The van der Waals surface area contributed by atoms with Crippen LogP contribution in [0.3, 0.4) is 0 Å². The number of imide groups is 1. The molecule has 1 saturated carbocycles. The highest BCUT2D eigenvalue weighted by atomic mass is 16.5. The van der Waals surface area contributed by atoms with Gasteiger partial charge >= 0.3 is 5.97 Å². The number of likely N-dealkylation sites (tertiary alicyclic amines) is 1. The largest absolute Gasteiger partial charge is 0.461 e. The highest BCUT2D eigenvalue weighted by Gasteiger charge is 2.63. The van der Waals surface area contributed by atoms with Gasteiger partial charge in [-0.2, -0.15) is 0 Å². The Balaban J connectivity index is 1.36. The molecule has 0 radical (unpaired) electrons. The Kier molecular flexibility index (Phi) is 6.24. The number of hydrogen-bond donors (Lipinski definition) is 0. The van der Waals surface area contributed by atoms with Crippen molar-refractivity contribution in [1.82, 2.24) is 4.90 Å². The van der Waals surface area contributed by atoms with E-state index >= 15 is 0 Å². The van der Waals surface area contributed by atoms with E-state index in [-0.39, 0.29) is 35.7 Å². The summed E-state index contributed by atoms with van der Waals surface area (Å²) in [5.74, 6) is -1.21. The molecule has 5 aliphatic rings. The summed E-state index contributed by atoms with van der Waals surface area (Å²) in [6.45, 7) is 10.4. The highest BCUT2D eigenvalue weighted by Crippen LogP contribution is 2.61. The van der Waals surface area contributed by atoms with Crippen molar-refractivity contribution in [1.29, 1.82) is 0 Å². The summed E-state index contributed by atoms with van der Waals surface area (Å²) in [7, 11) is 0. The van der Waals surface area contributed by atoms with E-state index in [1.54, 1.807) is 0 Å². The van der Waals surface area contributed by atoms with Gasteiger partial charge in [0.2, 0.25) is 11.8 Å². The average Bonchev–Trinajstić information content (AvgIpc) is 3.14. The Labute approximate surface area is 225 Å². The number of benzene rings is 2. The molecule has 1 heterocycles. The topological polar surface area (TPSA) is 63.7 Å². The molecule has 0 N–H and O–H groups in total. The molecule has 5 heteroatoms. The Hall–Kier alpha value is -2.95. The molecule has 0 unspecified atom stereocenters. The second-order valence-corrected chi connectivity index (χ2v) is 12.8. The Bertz CT molecular complexity index is 1170. The summed E-state index contributed by atoms with van der Waals surface area (Å²) in [6.07, 6.45) is 2.84. The number of carbonyl (C=O) groups is 3. The average molecular weight is 514 g/mol. The lowest BCUT2D eigenvalue weighted by Gasteiger charge is -2.45. The first-order valence-corrected chi connectivity index (χ1v) is 14.5. The molecular weight excluding hydrogens is 474 g/mol. The summed E-state index contributed by atoms with van der Waals surface area (Å²) < 4.78 is 6.23. The predicted octanol–water partition coefficient (Wildman–Crippen LogP) is 5.91. The van der Waals surface area contributed by atoms with Gasteiger partial charge in [-0.05, 0) is 58.8 Å². The maximum Gasteiger partial charge on any atom is 0.329 e. The zero-order chi connectivity index (χ0) is 26.9. The summed E-state index contributed by atoms with van der Waals surface area (Å²) in [5, 5.41) is 0. The molecule has 2 aromatic rings. The molecule has 6 atom stereocenters. The first kappa shape index (κ1) is 25.3. The van der Waals surface area contributed by atoms with Crippen LogP contribution in [0.4, 0.5) is 0 Å². The molecule has 0 aromatic heterocycles. The molecule has 0 spiro atoms. The van der Waals surface area contributed by atoms with Crippen LogP contribution in [-0.2, 0) is 19.1 Å². The lowest BCUT2D eigenvalue weighted by molar-refractivity contribution is -0.169. The van der Waals surface area contributed by atoms with Crippen LogP contribution >= 0.6 is 0 Å². The zero-order valence-electron chi connectivity index (χ0n) is 23.1. The van der Waals surface area contributed by atoms with Gasteiger partial charge in [-0.3, -0.25) is 14.5 Å². The second kappa shape index (κ2) is 9.36. The van der Waals surface area contributed by atoms with Crippen molar-refractivity contribution in [2.75, 3.05) is 0 Å². The van der Waals surface area contributed by atoms with E-state index < -0.39 is 23.8 Å². The van der Waals surface area contributed by atoms with Crippen molar-refractivity contribution in [3.8, 4) is 0 Å². The standard InChI is InChI=1S/C33H39NO4/c1-17(2)20-15-14-19(5)16-25(20)38-33(37)30(18(3)4)34-31(35)28-26-21-10-6-7-11-22(21)27(29(28)32(34)36)24-13-9-8-12-23(24)26/h6-13,17-20,25-30H,14-16H2,1-5H3/t19-,20+,25+,26?,27?,28-,29+,30+/m0/s1. The smallest absolute Gasteiger partial charge is 0.329 e. The van der Waals surface area contributed by atoms with Gasteiger partial charge in [0, 0.05) is 11.8 Å². The first-order chi connectivity index (χ1) is 18.2. The van der Waals surface area contributed by atoms with Crippen molar-refractivity contribution in [2.45, 2.75) is 77.9 Å². The van der Waals surface area contributed by atoms with Crippen molar-refractivity contribution in [3.05, 3.63) is 70.8 Å². The number of nitrogens with zero attached hydrogens (tertiary/aromatic N) is 1. The monoisotopic (exact) mass is 513 g/mol. The van der Waals surface area contributed by atoms with Crippen LogP contribution in [-0.4, -0.2) is 34.8 Å². The van der Waals surface area contributed by atoms with E-state index in [1.807, 2.05) is 38.1 Å². The number of esters is 1. The number of hydrogen-bond acceptors (Lipinski definition) is 4. The molecule has 1 saturated heterocycles. The minimum Gasteiger partial charge on any atom is -0.461 e. The zero-order valence-corrected chi connectivity index (χ0v) is 23.1. The molecule has 5 nitrogen and oxygen atoms in total. The van der Waals surface area contributed by atoms with Gasteiger partial charge in [-0.25, -0.2) is 4.79 Å². The van der Waals surface area contributed by atoms with Gasteiger partial charge in [0.1, 0.15) is 12.1 Å². The van der Waals surface area contributed by atoms with Crippen LogP contribution < -0.4 is 0 Å².